The standard InChI is InChI=1S/C39H42N4O14S/c1-43(19-20-58(52,53)54,17-3-15-40-33(46)5-2-6-36(49)57-42-34(47)13-14-35(42)48)18-4-16-41-37(50)24-7-10-28-27(21-24)38(51)56-39(28)29-11-8-25(44)22-31(29)55-32-23-26(45)9-12-30(32)39/h7-12,21-23H,2-6,13-20H2,1H3,(H4-,40,41,44,45,46,50,52,53,54). The van der Waals surface area contributed by atoms with Crippen molar-refractivity contribution in [3.05, 3.63) is 82.4 Å². The first-order valence-corrected chi connectivity index (χ1v) is 20.2. The molecule has 4 amide bonds. The number of nitrogens with one attached hydrogen (secondary N) is 2. The Morgan fingerprint density at radius 1 is 0.828 bits per heavy atom. The number of carbonyl (C=O) groups is 6. The molecular weight excluding hydrogens is 781 g/mol. The molecule has 1 unspecified atom stereocenters. The molecule has 0 saturated carbocycles. The van der Waals surface area contributed by atoms with Gasteiger partial charge in [-0.3, -0.25) is 19.2 Å². The van der Waals surface area contributed by atoms with Gasteiger partial charge in [-0.25, -0.2) is 18.0 Å². The lowest BCUT2D eigenvalue weighted by atomic mass is 9.77. The number of hydroxylamine groups is 2. The third kappa shape index (κ3) is 9.22. The van der Waals surface area contributed by atoms with Gasteiger partial charge in [0.2, 0.25) is 5.91 Å². The monoisotopic (exact) mass is 822 g/mol. The molecule has 0 radical (unpaired) electrons. The normalized spacial score (nSPS) is 16.1. The van der Waals surface area contributed by atoms with Gasteiger partial charge in [-0.1, -0.05) is 6.07 Å². The lowest BCUT2D eigenvalue weighted by Gasteiger charge is -2.36. The number of nitrogens with zero attached hydrogens (tertiary/aromatic N) is 2. The maximum atomic E-state index is 13.4. The van der Waals surface area contributed by atoms with Gasteiger partial charge < -0.3 is 44.2 Å². The maximum Gasteiger partial charge on any atom is 0.340 e. The van der Waals surface area contributed by atoms with Crippen LogP contribution in [0.4, 0.5) is 0 Å². The first-order chi connectivity index (χ1) is 27.5. The second kappa shape index (κ2) is 16.8. The summed E-state index contributed by atoms with van der Waals surface area (Å²) in [5.41, 5.74) is 0.144. The highest BCUT2D eigenvalue weighted by Crippen LogP contribution is 2.57. The minimum absolute atomic E-state index is 0.00305. The number of carbonyl (C=O) groups excluding carboxylic acids is 6. The Labute approximate surface area is 333 Å². The molecule has 3 aromatic rings. The predicted octanol–water partition coefficient (Wildman–Crippen LogP) is 2.06. The highest BCUT2D eigenvalue weighted by molar-refractivity contribution is 7.85. The van der Waals surface area contributed by atoms with Crippen LogP contribution in [-0.4, -0.2) is 114 Å². The van der Waals surface area contributed by atoms with Gasteiger partial charge in [0.25, 0.3) is 17.7 Å². The summed E-state index contributed by atoms with van der Waals surface area (Å²) in [5, 5.41) is 26.3. The number of hydrogen-bond donors (Lipinski definition) is 4. The van der Waals surface area contributed by atoms with Gasteiger partial charge in [-0.2, -0.15) is 0 Å². The van der Waals surface area contributed by atoms with E-state index in [1.165, 1.54) is 30.3 Å². The van der Waals surface area contributed by atoms with Crippen molar-refractivity contribution in [3.63, 3.8) is 0 Å². The minimum atomic E-state index is -4.52. The molecule has 19 heteroatoms. The zero-order valence-electron chi connectivity index (χ0n) is 31.5. The van der Waals surface area contributed by atoms with E-state index >= 15 is 0 Å². The Morgan fingerprint density at radius 2 is 1.41 bits per heavy atom. The van der Waals surface area contributed by atoms with E-state index in [1.807, 2.05) is 0 Å². The number of aromatic hydroxyl groups is 2. The molecule has 0 bridgehead atoms. The van der Waals surface area contributed by atoms with E-state index in [1.54, 1.807) is 31.3 Å². The molecule has 1 saturated heterocycles. The van der Waals surface area contributed by atoms with E-state index in [2.05, 4.69) is 10.6 Å². The van der Waals surface area contributed by atoms with Gasteiger partial charge in [0.15, 0.2) is 5.60 Å². The van der Waals surface area contributed by atoms with E-state index < -0.39 is 51.1 Å². The molecule has 3 aliphatic heterocycles. The molecule has 4 N–H and O–H groups in total. The molecule has 1 fully saturated rings. The molecule has 0 aromatic heterocycles. The number of ether oxygens (including phenoxy) is 2. The van der Waals surface area contributed by atoms with Crippen LogP contribution in [-0.2, 0) is 44.5 Å². The van der Waals surface area contributed by atoms with Gasteiger partial charge in [0, 0.05) is 86.0 Å². The Balaban J connectivity index is 1.01. The quantitative estimate of drug-likeness (QED) is 0.0500. The van der Waals surface area contributed by atoms with Gasteiger partial charge in [0.1, 0.15) is 33.1 Å². The molecule has 58 heavy (non-hydrogen) atoms. The number of phenols is 2. The molecule has 3 aromatic carbocycles. The number of phenolic OH excluding ortho intramolecular Hbond substituents is 2. The number of benzene rings is 3. The molecule has 1 spiro atoms. The van der Waals surface area contributed by atoms with Crippen LogP contribution in [0.1, 0.15) is 82.4 Å². The Hall–Kier alpha value is -6.05. The number of rotatable bonds is 17. The molecule has 18 nitrogen and oxygen atoms in total. The Bertz CT molecular complexity index is 2210. The topological polar surface area (TPSA) is 255 Å². The zero-order chi connectivity index (χ0) is 41.8. The third-order valence-corrected chi connectivity index (χ3v) is 10.9. The van der Waals surface area contributed by atoms with E-state index in [-0.39, 0.29) is 96.3 Å². The lowest BCUT2D eigenvalue weighted by molar-refractivity contribution is -0.907. The van der Waals surface area contributed by atoms with Crippen LogP contribution >= 0.6 is 0 Å². The van der Waals surface area contributed by atoms with Crippen molar-refractivity contribution in [3.8, 4) is 23.0 Å². The summed E-state index contributed by atoms with van der Waals surface area (Å²) < 4.78 is 46.7. The molecule has 3 heterocycles. The lowest BCUT2D eigenvalue weighted by Crippen LogP contribution is -2.49. The van der Waals surface area contributed by atoms with E-state index in [0.717, 1.165) is 0 Å². The molecule has 1 atom stereocenters. The summed E-state index contributed by atoms with van der Waals surface area (Å²) in [6.07, 6.45) is 0.679. The highest BCUT2D eigenvalue weighted by atomic mass is 32.2. The SMILES string of the molecule is C[N+](CCCNC(=O)CCCC(=O)ON1C(=O)CCC1=O)(CCCNC(=O)c1ccc2c(c1)C(=O)OC21c2ccc(O)cc2Oc2cc(O)ccc21)CCS(=O)(=O)[O-]. The summed E-state index contributed by atoms with van der Waals surface area (Å²) in [5.74, 6) is -3.87. The molecular formula is C39H42N4O14S. The van der Waals surface area contributed by atoms with Crippen LogP contribution in [0.15, 0.2) is 54.6 Å². The summed E-state index contributed by atoms with van der Waals surface area (Å²) >= 11 is 0. The van der Waals surface area contributed by atoms with Crippen LogP contribution in [0.3, 0.4) is 0 Å². The number of amides is 4. The van der Waals surface area contributed by atoms with Crippen molar-refractivity contribution in [2.24, 2.45) is 0 Å². The molecule has 0 aliphatic carbocycles. The fourth-order valence-corrected chi connectivity index (χ4v) is 7.92. The largest absolute Gasteiger partial charge is 0.748 e. The summed E-state index contributed by atoms with van der Waals surface area (Å²) in [6.45, 7) is 1.17. The first kappa shape index (κ1) is 41.6. The first-order valence-electron chi connectivity index (χ1n) is 18.6. The van der Waals surface area contributed by atoms with Crippen molar-refractivity contribution in [2.75, 3.05) is 45.5 Å². The van der Waals surface area contributed by atoms with E-state index in [0.29, 0.717) is 47.7 Å². The van der Waals surface area contributed by atoms with Crippen molar-refractivity contribution >= 4 is 45.7 Å². The third-order valence-electron chi connectivity index (χ3n) is 10.3. The Kier molecular flexibility index (Phi) is 12.1. The Morgan fingerprint density at radius 3 is 2.02 bits per heavy atom. The van der Waals surface area contributed by atoms with E-state index in [9.17, 15) is 52.0 Å². The van der Waals surface area contributed by atoms with Crippen LogP contribution in [0.2, 0.25) is 0 Å². The average Bonchev–Trinajstić information content (AvgIpc) is 3.64. The highest BCUT2D eigenvalue weighted by Gasteiger charge is 2.53. The summed E-state index contributed by atoms with van der Waals surface area (Å²) in [6, 6.07) is 13.4. The van der Waals surface area contributed by atoms with Crippen LogP contribution < -0.4 is 15.4 Å². The van der Waals surface area contributed by atoms with Crippen LogP contribution in [0, 0.1) is 0 Å². The van der Waals surface area contributed by atoms with E-state index in [4.69, 9.17) is 14.3 Å². The molecule has 3 aliphatic rings. The zero-order valence-corrected chi connectivity index (χ0v) is 32.3. The second-order valence-corrected chi connectivity index (χ2v) is 16.1. The second-order valence-electron chi connectivity index (χ2n) is 14.6. The fraction of sp³-hybridized carbons (Fsp3) is 0.385. The van der Waals surface area contributed by atoms with Crippen molar-refractivity contribution < 1.29 is 70.7 Å². The number of imide groups is 1. The summed E-state index contributed by atoms with van der Waals surface area (Å²) in [7, 11) is -2.75. The van der Waals surface area contributed by atoms with Gasteiger partial charge in [-0.05, 0) is 42.8 Å². The maximum absolute atomic E-state index is 13.4. The van der Waals surface area contributed by atoms with Crippen molar-refractivity contribution in [1.29, 1.82) is 0 Å². The van der Waals surface area contributed by atoms with Crippen molar-refractivity contribution in [2.45, 2.75) is 50.5 Å². The molecule has 308 valence electrons. The van der Waals surface area contributed by atoms with Gasteiger partial charge in [-0.15, -0.1) is 5.06 Å². The average molecular weight is 823 g/mol. The van der Waals surface area contributed by atoms with Crippen LogP contribution in [0.25, 0.3) is 0 Å². The summed E-state index contributed by atoms with van der Waals surface area (Å²) in [4.78, 5) is 79.0. The van der Waals surface area contributed by atoms with Gasteiger partial charge >= 0.3 is 11.9 Å². The van der Waals surface area contributed by atoms with Crippen molar-refractivity contribution in [1.82, 2.24) is 15.7 Å². The van der Waals surface area contributed by atoms with Gasteiger partial charge in [0.05, 0.1) is 38.0 Å². The minimum Gasteiger partial charge on any atom is -0.748 e. The molecule has 6 rings (SSSR count). The smallest absolute Gasteiger partial charge is 0.340 e. The predicted molar refractivity (Wildman–Crippen MR) is 199 cm³/mol. The number of quaternary nitrogens is 1. The number of fused-ring (bicyclic) bond motifs is 6. The fourth-order valence-electron chi connectivity index (χ4n) is 7.25. The number of esters is 1. The number of hydrogen-bond acceptors (Lipinski definition) is 14. The van der Waals surface area contributed by atoms with Crippen LogP contribution in [0.5, 0.6) is 23.0 Å².